The number of Topliss-reactive ketones (excluding diaryl/α,β-unsaturated/α-hetero) is 1. The number of carboxylic acids is 1. The molecule has 0 fully saturated rings. The standard InChI is InChI=1S/C14H20N3O7P/c1-9(18)5-6-23-25(22,24-21)8-12(13(19)20)10-3-2-4-11(7-10)17-14(15)16/h2-4,7,12,21H,5-6,8H2,1H3,(H,19,20)(H4,15,16,17). The molecule has 0 aliphatic carbocycles. The van der Waals surface area contributed by atoms with Crippen molar-refractivity contribution in [3.63, 3.8) is 0 Å². The van der Waals surface area contributed by atoms with Crippen LogP contribution in [0.5, 0.6) is 0 Å². The van der Waals surface area contributed by atoms with E-state index in [4.69, 9.17) is 21.2 Å². The molecule has 0 saturated heterocycles. The van der Waals surface area contributed by atoms with Gasteiger partial charge in [-0.3, -0.25) is 14.2 Å². The van der Waals surface area contributed by atoms with Gasteiger partial charge in [0.1, 0.15) is 5.78 Å². The summed E-state index contributed by atoms with van der Waals surface area (Å²) in [6.45, 7) is 1.04. The number of nitrogens with two attached hydrogens (primary N) is 2. The first-order valence-electron chi connectivity index (χ1n) is 7.15. The molecule has 0 amide bonds. The molecule has 2 atom stereocenters. The molecule has 25 heavy (non-hydrogen) atoms. The lowest BCUT2D eigenvalue weighted by atomic mass is 10.0. The number of hydrogen-bond donors (Lipinski definition) is 4. The molecule has 1 aromatic rings. The number of rotatable bonds is 10. The first-order chi connectivity index (χ1) is 11.7. The maximum Gasteiger partial charge on any atom is 0.359 e. The number of carbonyl (C=O) groups excluding carboxylic acids is 1. The molecule has 138 valence electrons. The number of hydrogen-bond acceptors (Lipinski definition) is 7. The average Bonchev–Trinajstić information content (AvgIpc) is 2.51. The molecule has 0 heterocycles. The Hall–Kier alpha value is -2.26. The molecule has 0 bridgehead atoms. The van der Waals surface area contributed by atoms with Crippen molar-refractivity contribution in [3.8, 4) is 0 Å². The molecular weight excluding hydrogens is 353 g/mol. The van der Waals surface area contributed by atoms with E-state index in [2.05, 4.69) is 9.67 Å². The summed E-state index contributed by atoms with van der Waals surface area (Å²) >= 11 is 0. The second kappa shape index (κ2) is 9.28. The first-order valence-corrected chi connectivity index (χ1v) is 8.88. The van der Waals surface area contributed by atoms with Gasteiger partial charge in [0.05, 0.1) is 24.4 Å². The molecule has 0 aromatic heterocycles. The minimum atomic E-state index is -4.14. The van der Waals surface area contributed by atoms with Crippen LogP contribution in [0.15, 0.2) is 29.3 Å². The zero-order chi connectivity index (χ0) is 19.0. The van der Waals surface area contributed by atoms with E-state index < -0.39 is 25.6 Å². The minimum Gasteiger partial charge on any atom is -0.481 e. The summed E-state index contributed by atoms with van der Waals surface area (Å²) < 4.78 is 21.2. The molecule has 2 unspecified atom stereocenters. The molecule has 0 saturated carbocycles. The van der Waals surface area contributed by atoms with Crippen molar-refractivity contribution in [2.24, 2.45) is 16.5 Å². The summed E-state index contributed by atoms with van der Waals surface area (Å²) in [5.74, 6) is -3.05. The van der Waals surface area contributed by atoms with Crippen LogP contribution >= 0.6 is 7.60 Å². The fourth-order valence-electron chi connectivity index (χ4n) is 1.95. The Labute approximate surface area is 143 Å². The number of aliphatic imine (C=N–C) groups is 1. The van der Waals surface area contributed by atoms with Gasteiger partial charge in [0, 0.05) is 6.42 Å². The molecule has 10 nitrogen and oxygen atoms in total. The lowest BCUT2D eigenvalue weighted by molar-refractivity contribution is -0.151. The van der Waals surface area contributed by atoms with Crippen molar-refractivity contribution < 1.29 is 33.7 Å². The second-order valence-electron chi connectivity index (χ2n) is 5.18. The Bertz CT molecular complexity index is 703. The van der Waals surface area contributed by atoms with Gasteiger partial charge in [-0.05, 0) is 24.6 Å². The number of ketones is 1. The third-order valence-electron chi connectivity index (χ3n) is 3.10. The zero-order valence-electron chi connectivity index (χ0n) is 13.5. The molecular formula is C14H20N3O7P. The highest BCUT2D eigenvalue weighted by Crippen LogP contribution is 2.50. The topological polar surface area (TPSA) is 175 Å². The van der Waals surface area contributed by atoms with Gasteiger partial charge < -0.3 is 21.1 Å². The third-order valence-corrected chi connectivity index (χ3v) is 4.74. The predicted octanol–water partition coefficient (Wildman–Crippen LogP) is 1.44. The first kappa shape index (κ1) is 20.8. The van der Waals surface area contributed by atoms with Crippen LogP contribution in [0.1, 0.15) is 24.8 Å². The Morgan fingerprint density at radius 1 is 1.36 bits per heavy atom. The fourth-order valence-corrected chi connectivity index (χ4v) is 3.35. The van der Waals surface area contributed by atoms with Crippen molar-refractivity contribution in [2.75, 3.05) is 12.8 Å². The summed E-state index contributed by atoms with van der Waals surface area (Å²) in [4.78, 5) is 26.3. The minimum absolute atomic E-state index is 0.0505. The summed E-state index contributed by atoms with van der Waals surface area (Å²) in [5, 5.41) is 18.3. The Balaban J connectivity index is 3.03. The largest absolute Gasteiger partial charge is 0.481 e. The van der Waals surface area contributed by atoms with Crippen molar-refractivity contribution in [1.82, 2.24) is 0 Å². The van der Waals surface area contributed by atoms with E-state index in [9.17, 15) is 19.3 Å². The van der Waals surface area contributed by atoms with Gasteiger partial charge >= 0.3 is 13.6 Å². The van der Waals surface area contributed by atoms with Crippen LogP contribution in [0, 0.1) is 0 Å². The van der Waals surface area contributed by atoms with E-state index >= 15 is 0 Å². The monoisotopic (exact) mass is 373 g/mol. The van der Waals surface area contributed by atoms with Crippen LogP contribution in [0.25, 0.3) is 0 Å². The fraction of sp³-hybridized carbons (Fsp3) is 0.357. The van der Waals surface area contributed by atoms with E-state index in [1.54, 1.807) is 6.07 Å². The van der Waals surface area contributed by atoms with Gasteiger partial charge in [-0.25, -0.2) is 10.2 Å². The van der Waals surface area contributed by atoms with E-state index in [1.165, 1.54) is 25.1 Å². The van der Waals surface area contributed by atoms with Crippen molar-refractivity contribution in [1.29, 1.82) is 0 Å². The molecule has 1 rings (SSSR count). The highest BCUT2D eigenvalue weighted by molar-refractivity contribution is 7.53. The predicted molar refractivity (Wildman–Crippen MR) is 89.7 cm³/mol. The number of nitrogens with zero attached hydrogens (tertiary/aromatic N) is 1. The van der Waals surface area contributed by atoms with Crippen LogP contribution in [-0.4, -0.2) is 40.8 Å². The maximum absolute atomic E-state index is 12.4. The van der Waals surface area contributed by atoms with Crippen molar-refractivity contribution in [2.45, 2.75) is 19.3 Å². The van der Waals surface area contributed by atoms with E-state index in [0.29, 0.717) is 5.69 Å². The van der Waals surface area contributed by atoms with Gasteiger partial charge in [-0.2, -0.15) is 4.67 Å². The molecule has 0 spiro atoms. The highest BCUT2D eigenvalue weighted by Gasteiger charge is 2.34. The quantitative estimate of drug-likeness (QED) is 0.155. The molecule has 1 aromatic carbocycles. The van der Waals surface area contributed by atoms with Crippen LogP contribution in [0.2, 0.25) is 0 Å². The van der Waals surface area contributed by atoms with Gasteiger partial charge in [0.25, 0.3) is 0 Å². The van der Waals surface area contributed by atoms with Gasteiger partial charge in [-0.15, -0.1) is 0 Å². The molecule has 0 aliphatic heterocycles. The molecule has 11 heteroatoms. The Morgan fingerprint density at radius 3 is 2.56 bits per heavy atom. The summed E-state index contributed by atoms with van der Waals surface area (Å²) in [6, 6.07) is 5.94. The van der Waals surface area contributed by atoms with Gasteiger partial charge in [0.15, 0.2) is 5.96 Å². The molecule has 6 N–H and O–H groups in total. The van der Waals surface area contributed by atoms with E-state index in [0.717, 1.165) is 0 Å². The molecule has 0 aliphatic rings. The number of benzene rings is 1. The Kier molecular flexibility index (Phi) is 7.72. The average molecular weight is 373 g/mol. The van der Waals surface area contributed by atoms with Crippen molar-refractivity contribution >= 4 is 31.0 Å². The van der Waals surface area contributed by atoms with Crippen molar-refractivity contribution in [3.05, 3.63) is 29.8 Å². The summed E-state index contributed by atoms with van der Waals surface area (Å²) in [5.41, 5.74) is 11.1. The maximum atomic E-state index is 12.4. The number of carboxylic acid groups (broad SMARTS) is 1. The number of carbonyl (C=O) groups is 2. The number of guanidine groups is 1. The third kappa shape index (κ3) is 7.02. The van der Waals surface area contributed by atoms with Gasteiger partial charge in [0.2, 0.25) is 0 Å². The SMILES string of the molecule is CC(=O)CCOP(=O)(CC(C(=O)O)c1cccc(N=C(N)N)c1)OO. The molecule has 0 radical (unpaired) electrons. The van der Waals surface area contributed by atoms with Crippen LogP contribution in [-0.2, 0) is 23.4 Å². The lowest BCUT2D eigenvalue weighted by Crippen LogP contribution is -2.22. The summed E-state index contributed by atoms with van der Waals surface area (Å²) in [6.07, 6.45) is -0.687. The normalized spacial score (nSPS) is 14.3. The lowest BCUT2D eigenvalue weighted by Gasteiger charge is -2.19. The Morgan fingerprint density at radius 2 is 2.04 bits per heavy atom. The second-order valence-corrected chi connectivity index (χ2v) is 7.19. The van der Waals surface area contributed by atoms with E-state index in [-0.39, 0.29) is 30.3 Å². The van der Waals surface area contributed by atoms with Crippen LogP contribution in [0.4, 0.5) is 5.69 Å². The smallest absolute Gasteiger partial charge is 0.359 e. The van der Waals surface area contributed by atoms with Gasteiger partial charge in [-0.1, -0.05) is 12.1 Å². The van der Waals surface area contributed by atoms with Crippen LogP contribution in [0.3, 0.4) is 0 Å². The van der Waals surface area contributed by atoms with Crippen LogP contribution < -0.4 is 11.5 Å². The van der Waals surface area contributed by atoms with E-state index in [1.807, 2.05) is 0 Å². The zero-order valence-corrected chi connectivity index (χ0v) is 14.4. The summed E-state index contributed by atoms with van der Waals surface area (Å²) in [7, 11) is -4.14. The highest BCUT2D eigenvalue weighted by atomic mass is 31.2. The number of aliphatic carboxylic acids is 1.